The number of carboxylic acid groups (broad SMARTS) is 1. The summed E-state index contributed by atoms with van der Waals surface area (Å²) in [6, 6.07) is 0. The van der Waals surface area contributed by atoms with Crippen LogP contribution in [0.3, 0.4) is 0 Å². The third-order valence-electron chi connectivity index (χ3n) is 5.64. The summed E-state index contributed by atoms with van der Waals surface area (Å²) in [5.74, 6) is 3.97. The van der Waals surface area contributed by atoms with Crippen molar-refractivity contribution >= 4 is 5.97 Å². The van der Waals surface area contributed by atoms with Crippen molar-refractivity contribution < 1.29 is 9.90 Å². The minimum atomic E-state index is -0.757. The van der Waals surface area contributed by atoms with Crippen LogP contribution in [0.15, 0.2) is 11.6 Å². The first-order valence-electron chi connectivity index (χ1n) is 7.07. The molecular formula is C15H22O2. The van der Waals surface area contributed by atoms with Crippen molar-refractivity contribution in [1.82, 2.24) is 0 Å². The Labute approximate surface area is 103 Å². The third kappa shape index (κ3) is 1.82. The predicted octanol–water partition coefficient (Wildman–Crippen LogP) is 3.48. The molecule has 0 aliphatic heterocycles. The van der Waals surface area contributed by atoms with Gasteiger partial charge in [-0.2, -0.15) is 0 Å². The van der Waals surface area contributed by atoms with Crippen molar-refractivity contribution in [3.05, 3.63) is 11.6 Å². The zero-order chi connectivity index (χ0) is 12.0. The van der Waals surface area contributed by atoms with E-state index < -0.39 is 5.97 Å². The van der Waals surface area contributed by atoms with Crippen LogP contribution in [-0.4, -0.2) is 11.1 Å². The summed E-state index contributed by atoms with van der Waals surface area (Å²) in [5, 5.41) is 8.88. The van der Waals surface area contributed by atoms with Crippen molar-refractivity contribution in [1.29, 1.82) is 0 Å². The van der Waals surface area contributed by atoms with Crippen LogP contribution in [0, 0.1) is 29.6 Å². The molecule has 5 unspecified atom stereocenters. The van der Waals surface area contributed by atoms with Gasteiger partial charge in [0.25, 0.3) is 0 Å². The number of hydrogen-bond donors (Lipinski definition) is 1. The minimum absolute atomic E-state index is 0.525. The van der Waals surface area contributed by atoms with Gasteiger partial charge >= 0.3 is 5.97 Å². The topological polar surface area (TPSA) is 37.3 Å². The number of carbonyl (C=O) groups is 1. The summed E-state index contributed by atoms with van der Waals surface area (Å²) in [5.41, 5.74) is 0.525. The van der Waals surface area contributed by atoms with Crippen LogP contribution >= 0.6 is 0 Å². The SMILES string of the molecule is CC(=CCC1CCC2C3CCC(C3)C12)C(=O)O. The Morgan fingerprint density at radius 1 is 1.24 bits per heavy atom. The molecule has 3 fully saturated rings. The predicted molar refractivity (Wildman–Crippen MR) is 66.5 cm³/mol. The molecule has 0 aromatic carbocycles. The molecule has 3 rings (SSSR count). The van der Waals surface area contributed by atoms with E-state index in [4.69, 9.17) is 5.11 Å². The highest BCUT2D eigenvalue weighted by atomic mass is 16.4. The lowest BCUT2D eigenvalue weighted by molar-refractivity contribution is -0.132. The smallest absolute Gasteiger partial charge is 0.330 e. The van der Waals surface area contributed by atoms with E-state index in [1.807, 2.05) is 6.08 Å². The Bertz CT molecular complexity index is 358. The molecule has 0 radical (unpaired) electrons. The molecule has 0 aromatic heterocycles. The van der Waals surface area contributed by atoms with Crippen LogP contribution in [0.4, 0.5) is 0 Å². The second kappa shape index (κ2) is 4.15. The fourth-order valence-electron chi connectivity index (χ4n) is 4.91. The first kappa shape index (κ1) is 11.3. The van der Waals surface area contributed by atoms with Crippen LogP contribution in [0.1, 0.15) is 45.4 Å². The van der Waals surface area contributed by atoms with Gasteiger partial charge in [-0.15, -0.1) is 0 Å². The first-order valence-corrected chi connectivity index (χ1v) is 7.07. The molecule has 17 heavy (non-hydrogen) atoms. The van der Waals surface area contributed by atoms with Gasteiger partial charge in [0, 0.05) is 5.57 Å². The zero-order valence-electron chi connectivity index (χ0n) is 10.6. The van der Waals surface area contributed by atoms with Gasteiger partial charge in [-0.25, -0.2) is 4.79 Å². The molecule has 2 nitrogen and oxygen atoms in total. The number of hydrogen-bond acceptors (Lipinski definition) is 1. The molecule has 94 valence electrons. The molecule has 0 spiro atoms. The highest BCUT2D eigenvalue weighted by molar-refractivity contribution is 5.85. The number of carboxylic acids is 1. The second-order valence-electron chi connectivity index (χ2n) is 6.34. The average Bonchev–Trinajstić information content (AvgIpc) is 2.98. The van der Waals surface area contributed by atoms with Gasteiger partial charge in [0.15, 0.2) is 0 Å². The van der Waals surface area contributed by atoms with Crippen molar-refractivity contribution in [2.24, 2.45) is 29.6 Å². The summed E-state index contributed by atoms with van der Waals surface area (Å²) < 4.78 is 0. The molecule has 3 aliphatic rings. The standard InChI is InChI=1S/C15H22O2/c1-9(15(16)17)2-3-10-6-7-13-11-4-5-12(8-11)14(10)13/h2,10-14H,3-8H2,1H3,(H,16,17). The molecule has 5 atom stereocenters. The molecule has 0 amide bonds. The largest absolute Gasteiger partial charge is 0.478 e. The molecule has 0 aromatic rings. The minimum Gasteiger partial charge on any atom is -0.478 e. The van der Waals surface area contributed by atoms with Crippen LogP contribution in [0.2, 0.25) is 0 Å². The maximum atomic E-state index is 10.8. The van der Waals surface area contributed by atoms with Gasteiger partial charge in [-0.05, 0) is 75.0 Å². The van der Waals surface area contributed by atoms with Gasteiger partial charge in [-0.3, -0.25) is 0 Å². The Hall–Kier alpha value is -0.790. The van der Waals surface area contributed by atoms with Crippen LogP contribution < -0.4 is 0 Å². The summed E-state index contributed by atoms with van der Waals surface area (Å²) in [4.78, 5) is 10.8. The molecular weight excluding hydrogens is 212 g/mol. The maximum Gasteiger partial charge on any atom is 0.330 e. The summed E-state index contributed by atoms with van der Waals surface area (Å²) in [6.45, 7) is 1.72. The van der Waals surface area contributed by atoms with Crippen LogP contribution in [0.5, 0.6) is 0 Å². The monoisotopic (exact) mass is 234 g/mol. The van der Waals surface area contributed by atoms with Gasteiger partial charge < -0.3 is 5.11 Å². The quantitative estimate of drug-likeness (QED) is 0.759. The molecule has 2 heteroatoms. The Balaban J connectivity index is 1.66. The molecule has 0 saturated heterocycles. The maximum absolute atomic E-state index is 10.8. The van der Waals surface area contributed by atoms with E-state index in [-0.39, 0.29) is 0 Å². The molecule has 3 saturated carbocycles. The lowest BCUT2D eigenvalue weighted by Crippen LogP contribution is -2.21. The van der Waals surface area contributed by atoms with Crippen LogP contribution in [-0.2, 0) is 4.79 Å². The van der Waals surface area contributed by atoms with Crippen molar-refractivity contribution in [3.8, 4) is 0 Å². The number of rotatable bonds is 3. The summed E-state index contributed by atoms with van der Waals surface area (Å²) in [7, 11) is 0. The van der Waals surface area contributed by atoms with E-state index >= 15 is 0 Å². The van der Waals surface area contributed by atoms with E-state index in [0.717, 1.165) is 36.0 Å². The Morgan fingerprint density at radius 3 is 2.76 bits per heavy atom. The van der Waals surface area contributed by atoms with Crippen molar-refractivity contribution in [2.75, 3.05) is 0 Å². The first-order chi connectivity index (χ1) is 8.16. The van der Waals surface area contributed by atoms with E-state index in [2.05, 4.69) is 0 Å². The van der Waals surface area contributed by atoms with E-state index in [1.165, 1.54) is 32.1 Å². The highest BCUT2D eigenvalue weighted by Gasteiger charge is 2.52. The van der Waals surface area contributed by atoms with Crippen LogP contribution in [0.25, 0.3) is 0 Å². The van der Waals surface area contributed by atoms with Gasteiger partial charge in [-0.1, -0.05) is 6.08 Å². The van der Waals surface area contributed by atoms with E-state index in [0.29, 0.717) is 5.57 Å². The van der Waals surface area contributed by atoms with E-state index in [9.17, 15) is 4.79 Å². The fourth-order valence-corrected chi connectivity index (χ4v) is 4.91. The second-order valence-corrected chi connectivity index (χ2v) is 6.34. The van der Waals surface area contributed by atoms with Gasteiger partial charge in [0.05, 0.1) is 0 Å². The normalized spacial score (nSPS) is 44.1. The average molecular weight is 234 g/mol. The number of fused-ring (bicyclic) bond motifs is 5. The van der Waals surface area contributed by atoms with Gasteiger partial charge in [0.2, 0.25) is 0 Å². The molecule has 3 aliphatic carbocycles. The fraction of sp³-hybridized carbons (Fsp3) is 0.800. The molecule has 1 N–H and O–H groups in total. The number of allylic oxidation sites excluding steroid dienone is 1. The summed E-state index contributed by atoms with van der Waals surface area (Å²) in [6.07, 6.45) is 10.1. The zero-order valence-corrected chi connectivity index (χ0v) is 10.6. The van der Waals surface area contributed by atoms with E-state index in [1.54, 1.807) is 6.92 Å². The highest BCUT2D eigenvalue weighted by Crippen LogP contribution is 2.61. The number of aliphatic carboxylic acids is 1. The van der Waals surface area contributed by atoms with Crippen molar-refractivity contribution in [3.63, 3.8) is 0 Å². The lowest BCUT2D eigenvalue weighted by atomic mass is 9.77. The summed E-state index contributed by atoms with van der Waals surface area (Å²) >= 11 is 0. The Kier molecular flexibility index (Phi) is 2.76. The Morgan fingerprint density at radius 2 is 2.00 bits per heavy atom. The third-order valence-corrected chi connectivity index (χ3v) is 5.64. The van der Waals surface area contributed by atoms with Crippen molar-refractivity contribution in [2.45, 2.75) is 45.4 Å². The molecule has 0 heterocycles. The molecule has 2 bridgehead atoms. The lowest BCUT2D eigenvalue weighted by Gasteiger charge is -2.28. The van der Waals surface area contributed by atoms with Gasteiger partial charge in [0.1, 0.15) is 0 Å².